The van der Waals surface area contributed by atoms with Crippen molar-refractivity contribution in [2.24, 2.45) is 5.10 Å². The second-order valence-corrected chi connectivity index (χ2v) is 6.77. The third-order valence-corrected chi connectivity index (χ3v) is 4.14. The number of carbonyl (C=O) groups excluding carboxylic acids is 1. The van der Waals surface area contributed by atoms with Crippen molar-refractivity contribution in [1.29, 1.82) is 0 Å². The monoisotopic (exact) mass is 472 g/mol. The summed E-state index contributed by atoms with van der Waals surface area (Å²) in [5.74, 6) is 1.76. The van der Waals surface area contributed by atoms with Crippen molar-refractivity contribution in [3.63, 3.8) is 0 Å². The fourth-order valence-corrected chi connectivity index (χ4v) is 2.53. The minimum absolute atomic E-state index is 0.102. The Morgan fingerprint density at radius 3 is 2.44 bits per heavy atom. The van der Waals surface area contributed by atoms with Gasteiger partial charge in [-0.2, -0.15) is 5.10 Å². The van der Waals surface area contributed by atoms with Gasteiger partial charge >= 0.3 is 0 Å². The van der Waals surface area contributed by atoms with Crippen LogP contribution in [0.2, 0.25) is 0 Å². The number of rotatable bonds is 7. The summed E-state index contributed by atoms with van der Waals surface area (Å²) >= 11 is 2.21. The summed E-state index contributed by atoms with van der Waals surface area (Å²) in [6.45, 7) is -0.102. The molecule has 3 aromatic carbocycles. The SMILES string of the molecule is O=C(COc1ccc(I)cc1)NN=Cc1cccc(Oc2ccccc2)c1. The standard InChI is InChI=1S/C21H17IN2O3/c22-17-9-11-18(12-10-17)26-15-21(25)24-23-14-16-5-4-8-20(13-16)27-19-6-2-1-3-7-19/h1-14H,15H2,(H,24,25). The molecule has 0 saturated carbocycles. The summed E-state index contributed by atoms with van der Waals surface area (Å²) in [5, 5.41) is 3.95. The summed E-state index contributed by atoms with van der Waals surface area (Å²) < 4.78 is 12.3. The Bertz CT molecular complexity index is 912. The molecule has 0 heterocycles. The Morgan fingerprint density at radius 2 is 1.67 bits per heavy atom. The van der Waals surface area contributed by atoms with Crippen LogP contribution in [0, 0.1) is 3.57 Å². The van der Waals surface area contributed by atoms with E-state index in [1.165, 1.54) is 0 Å². The second-order valence-electron chi connectivity index (χ2n) is 5.52. The van der Waals surface area contributed by atoms with Crippen molar-refractivity contribution >= 4 is 34.7 Å². The molecule has 27 heavy (non-hydrogen) atoms. The van der Waals surface area contributed by atoms with Crippen LogP contribution in [-0.2, 0) is 4.79 Å². The lowest BCUT2D eigenvalue weighted by atomic mass is 10.2. The molecule has 0 bridgehead atoms. The van der Waals surface area contributed by atoms with Gasteiger partial charge in [-0.1, -0.05) is 30.3 Å². The van der Waals surface area contributed by atoms with Crippen LogP contribution < -0.4 is 14.9 Å². The highest BCUT2D eigenvalue weighted by atomic mass is 127. The highest BCUT2D eigenvalue weighted by Crippen LogP contribution is 2.21. The zero-order valence-corrected chi connectivity index (χ0v) is 16.5. The van der Waals surface area contributed by atoms with Gasteiger partial charge in [0.05, 0.1) is 6.21 Å². The number of amides is 1. The Labute approximate surface area is 171 Å². The summed E-state index contributed by atoms with van der Waals surface area (Å²) in [4.78, 5) is 11.8. The smallest absolute Gasteiger partial charge is 0.277 e. The number of ether oxygens (including phenoxy) is 2. The molecule has 3 rings (SSSR count). The fourth-order valence-electron chi connectivity index (χ4n) is 2.17. The Morgan fingerprint density at radius 1 is 0.926 bits per heavy atom. The Kier molecular flexibility index (Phi) is 6.81. The van der Waals surface area contributed by atoms with Crippen molar-refractivity contribution in [1.82, 2.24) is 5.43 Å². The van der Waals surface area contributed by atoms with Crippen LogP contribution in [0.25, 0.3) is 0 Å². The number of benzene rings is 3. The topological polar surface area (TPSA) is 59.9 Å². The lowest BCUT2D eigenvalue weighted by molar-refractivity contribution is -0.123. The first-order chi connectivity index (χ1) is 13.2. The van der Waals surface area contributed by atoms with Gasteiger partial charge in [0.2, 0.25) is 0 Å². The molecule has 5 nitrogen and oxygen atoms in total. The molecule has 1 amide bonds. The Hall–Kier alpha value is -2.87. The molecule has 0 unspecified atom stereocenters. The van der Waals surface area contributed by atoms with Gasteiger partial charge in [0.1, 0.15) is 17.2 Å². The molecular formula is C21H17IN2O3. The number of carbonyl (C=O) groups is 1. The molecule has 0 aliphatic rings. The molecule has 0 aliphatic carbocycles. The number of hydrogen-bond acceptors (Lipinski definition) is 4. The first-order valence-corrected chi connectivity index (χ1v) is 9.30. The average Bonchev–Trinajstić information content (AvgIpc) is 2.69. The Balaban J connectivity index is 1.49. The zero-order chi connectivity index (χ0) is 18.9. The van der Waals surface area contributed by atoms with Gasteiger partial charge < -0.3 is 9.47 Å². The van der Waals surface area contributed by atoms with E-state index in [1.807, 2.05) is 78.9 Å². The van der Waals surface area contributed by atoms with Gasteiger partial charge in [-0.05, 0) is 76.7 Å². The summed E-state index contributed by atoms with van der Waals surface area (Å²) in [7, 11) is 0. The van der Waals surface area contributed by atoms with E-state index in [9.17, 15) is 4.79 Å². The normalized spacial score (nSPS) is 10.6. The molecule has 1 N–H and O–H groups in total. The highest BCUT2D eigenvalue weighted by Gasteiger charge is 2.02. The van der Waals surface area contributed by atoms with Crippen LogP contribution in [0.15, 0.2) is 84.0 Å². The molecule has 0 saturated heterocycles. The molecule has 0 atom stereocenters. The van der Waals surface area contributed by atoms with Gasteiger partial charge in [0.25, 0.3) is 5.91 Å². The summed E-state index contributed by atoms with van der Waals surface area (Å²) in [6.07, 6.45) is 1.56. The maximum absolute atomic E-state index is 11.8. The quantitative estimate of drug-likeness (QED) is 0.311. The van der Waals surface area contributed by atoms with Crippen molar-refractivity contribution in [2.45, 2.75) is 0 Å². The minimum atomic E-state index is -0.332. The second kappa shape index (κ2) is 9.72. The van der Waals surface area contributed by atoms with Gasteiger partial charge in [0.15, 0.2) is 6.61 Å². The van der Waals surface area contributed by atoms with E-state index in [2.05, 4.69) is 33.1 Å². The lowest BCUT2D eigenvalue weighted by Crippen LogP contribution is -2.24. The summed E-state index contributed by atoms with van der Waals surface area (Å²) in [6, 6.07) is 24.4. The molecule has 0 aromatic heterocycles. The van der Waals surface area contributed by atoms with E-state index in [4.69, 9.17) is 9.47 Å². The van der Waals surface area contributed by atoms with E-state index < -0.39 is 0 Å². The predicted octanol–water partition coefficient (Wildman–Crippen LogP) is 4.61. The van der Waals surface area contributed by atoms with Crippen LogP contribution in [0.3, 0.4) is 0 Å². The van der Waals surface area contributed by atoms with Gasteiger partial charge in [-0.25, -0.2) is 5.43 Å². The largest absolute Gasteiger partial charge is 0.484 e. The molecule has 0 fully saturated rings. The predicted molar refractivity (Wildman–Crippen MR) is 113 cm³/mol. The molecule has 0 spiro atoms. The van der Waals surface area contributed by atoms with E-state index in [-0.39, 0.29) is 12.5 Å². The zero-order valence-electron chi connectivity index (χ0n) is 14.3. The number of halogens is 1. The van der Waals surface area contributed by atoms with Crippen LogP contribution in [-0.4, -0.2) is 18.7 Å². The molecule has 136 valence electrons. The fraction of sp³-hybridized carbons (Fsp3) is 0.0476. The number of nitrogens with one attached hydrogen (secondary N) is 1. The molecule has 3 aromatic rings. The number of para-hydroxylation sites is 1. The van der Waals surface area contributed by atoms with E-state index >= 15 is 0 Å². The summed E-state index contributed by atoms with van der Waals surface area (Å²) in [5.41, 5.74) is 3.25. The first kappa shape index (κ1) is 18.9. The number of hydrazone groups is 1. The first-order valence-electron chi connectivity index (χ1n) is 8.22. The van der Waals surface area contributed by atoms with E-state index in [0.717, 1.165) is 14.9 Å². The van der Waals surface area contributed by atoms with Crippen molar-refractivity contribution in [2.75, 3.05) is 6.61 Å². The number of nitrogens with zero attached hydrogens (tertiary/aromatic N) is 1. The van der Waals surface area contributed by atoms with Crippen LogP contribution >= 0.6 is 22.6 Å². The van der Waals surface area contributed by atoms with Crippen molar-refractivity contribution in [3.05, 3.63) is 88.0 Å². The lowest BCUT2D eigenvalue weighted by Gasteiger charge is -2.06. The van der Waals surface area contributed by atoms with Crippen LogP contribution in [0.1, 0.15) is 5.56 Å². The maximum atomic E-state index is 11.8. The van der Waals surface area contributed by atoms with Crippen LogP contribution in [0.5, 0.6) is 17.2 Å². The van der Waals surface area contributed by atoms with E-state index in [1.54, 1.807) is 6.21 Å². The minimum Gasteiger partial charge on any atom is -0.484 e. The van der Waals surface area contributed by atoms with Gasteiger partial charge in [-0.15, -0.1) is 0 Å². The van der Waals surface area contributed by atoms with Gasteiger partial charge in [0, 0.05) is 3.57 Å². The molecule has 0 aliphatic heterocycles. The number of hydrogen-bond donors (Lipinski definition) is 1. The molecule has 0 radical (unpaired) electrons. The highest BCUT2D eigenvalue weighted by molar-refractivity contribution is 14.1. The van der Waals surface area contributed by atoms with E-state index in [0.29, 0.717) is 11.5 Å². The molecule has 6 heteroatoms. The molecular weight excluding hydrogens is 455 g/mol. The average molecular weight is 472 g/mol. The third-order valence-electron chi connectivity index (χ3n) is 3.42. The van der Waals surface area contributed by atoms with Crippen LogP contribution in [0.4, 0.5) is 0 Å². The van der Waals surface area contributed by atoms with Crippen molar-refractivity contribution in [3.8, 4) is 17.2 Å². The van der Waals surface area contributed by atoms with Gasteiger partial charge in [-0.3, -0.25) is 4.79 Å². The van der Waals surface area contributed by atoms with Crippen molar-refractivity contribution < 1.29 is 14.3 Å². The third kappa shape index (κ3) is 6.41. The maximum Gasteiger partial charge on any atom is 0.277 e.